The van der Waals surface area contributed by atoms with E-state index in [1.165, 1.54) is 6.92 Å². The quantitative estimate of drug-likeness (QED) is 0.470. The molecule has 0 fully saturated rings. The molecule has 50 valence electrons. The Hall–Kier alpha value is 0.490. The summed E-state index contributed by atoms with van der Waals surface area (Å²) >= 11 is 5.08. The fraction of sp³-hybridized carbons (Fsp3) is 1.00. The van der Waals surface area contributed by atoms with Crippen molar-refractivity contribution in [2.45, 2.75) is 12.5 Å². The van der Waals surface area contributed by atoms with Gasteiger partial charge in [-0.15, -0.1) is 0 Å². The minimum absolute atomic E-state index is 0.905. The van der Waals surface area contributed by atoms with Gasteiger partial charge in [0.1, 0.15) is 5.56 Å². The van der Waals surface area contributed by atoms with Crippen LogP contribution >= 0.6 is 22.3 Å². The summed E-state index contributed by atoms with van der Waals surface area (Å²) < 4.78 is 23.7. The zero-order valence-electron chi connectivity index (χ0n) is 3.97. The van der Waals surface area contributed by atoms with Crippen LogP contribution in [0, 0.1) is 0 Å². The summed E-state index contributed by atoms with van der Waals surface area (Å²) in [4.78, 5) is 0. The van der Waals surface area contributed by atoms with Gasteiger partial charge in [0, 0.05) is 10.7 Å². The average molecular weight is 179 g/mol. The molecule has 8 heavy (non-hydrogen) atoms. The summed E-state index contributed by atoms with van der Waals surface area (Å²) in [5.74, 6) is 0. The van der Waals surface area contributed by atoms with Gasteiger partial charge in [-0.1, -0.05) is 11.6 Å². The number of halogens is 2. The molecule has 0 amide bonds. The first kappa shape index (κ1) is 8.49. The van der Waals surface area contributed by atoms with Gasteiger partial charge in [-0.25, -0.2) is 4.18 Å². The lowest BCUT2D eigenvalue weighted by Crippen LogP contribution is -2.02. The van der Waals surface area contributed by atoms with E-state index in [2.05, 4.69) is 14.9 Å². The molecular weight excluding hydrogens is 175 g/mol. The molecule has 0 bridgehead atoms. The summed E-state index contributed by atoms with van der Waals surface area (Å²) in [6.45, 7) is 1.35. The van der Waals surface area contributed by atoms with Gasteiger partial charge in [-0.3, -0.25) is 0 Å². The minimum atomic E-state index is -3.88. The molecular formula is C2H4Cl2O3S. The van der Waals surface area contributed by atoms with Gasteiger partial charge in [-0.05, 0) is 6.92 Å². The predicted octanol–water partition coefficient (Wildman–Crippen LogP) is 1.07. The molecule has 0 aliphatic rings. The summed E-state index contributed by atoms with van der Waals surface area (Å²) in [5.41, 5.74) is -0.905. The third kappa shape index (κ3) is 6.49. The first-order valence-corrected chi connectivity index (χ1v) is 4.36. The highest BCUT2D eigenvalue weighted by molar-refractivity contribution is 8.10. The van der Waals surface area contributed by atoms with E-state index in [-0.39, 0.29) is 0 Å². The zero-order valence-corrected chi connectivity index (χ0v) is 6.29. The molecule has 0 aliphatic carbocycles. The molecule has 0 aromatic heterocycles. The van der Waals surface area contributed by atoms with E-state index in [0.29, 0.717) is 0 Å². The van der Waals surface area contributed by atoms with Crippen LogP contribution in [0.4, 0.5) is 0 Å². The second-order valence-corrected chi connectivity index (χ2v) is 3.76. The molecule has 0 radical (unpaired) electrons. The molecule has 1 atom stereocenters. The Morgan fingerprint density at radius 1 is 1.62 bits per heavy atom. The average Bonchev–Trinajstić information content (AvgIpc) is 1.21. The summed E-state index contributed by atoms with van der Waals surface area (Å²) in [6.07, 6.45) is 0. The number of hydrogen-bond donors (Lipinski definition) is 0. The Bertz CT molecular complexity index is 149. The third-order valence-electron chi connectivity index (χ3n) is 0.248. The summed E-state index contributed by atoms with van der Waals surface area (Å²) in [6, 6.07) is 0. The number of hydrogen-bond acceptors (Lipinski definition) is 3. The zero-order chi connectivity index (χ0) is 6.78. The van der Waals surface area contributed by atoms with Gasteiger partial charge >= 0.3 is 9.33 Å². The van der Waals surface area contributed by atoms with E-state index < -0.39 is 14.9 Å². The van der Waals surface area contributed by atoms with Crippen LogP contribution in [-0.2, 0) is 13.5 Å². The van der Waals surface area contributed by atoms with Crippen molar-refractivity contribution in [3.05, 3.63) is 0 Å². The maximum absolute atomic E-state index is 9.90. The smallest absolute Gasteiger partial charge is 0.239 e. The van der Waals surface area contributed by atoms with Gasteiger partial charge in [0.15, 0.2) is 0 Å². The van der Waals surface area contributed by atoms with Crippen LogP contribution in [0.1, 0.15) is 6.92 Å². The van der Waals surface area contributed by atoms with Crippen LogP contribution in [0.25, 0.3) is 0 Å². The first-order valence-electron chi connectivity index (χ1n) is 1.69. The molecule has 0 aromatic carbocycles. The predicted molar refractivity (Wildman–Crippen MR) is 31.2 cm³/mol. The Morgan fingerprint density at radius 2 is 2.00 bits per heavy atom. The topological polar surface area (TPSA) is 43.4 Å². The van der Waals surface area contributed by atoms with E-state index in [1.807, 2.05) is 0 Å². The lowest BCUT2D eigenvalue weighted by molar-refractivity contribution is 0.313. The monoisotopic (exact) mass is 178 g/mol. The van der Waals surface area contributed by atoms with E-state index in [1.54, 1.807) is 0 Å². The van der Waals surface area contributed by atoms with Gasteiger partial charge in [0.25, 0.3) is 0 Å². The highest BCUT2D eigenvalue weighted by Gasteiger charge is 2.07. The Labute approximate surface area is 57.2 Å². The van der Waals surface area contributed by atoms with Crippen LogP contribution in [0.2, 0.25) is 0 Å². The second kappa shape index (κ2) is 2.87. The van der Waals surface area contributed by atoms with E-state index >= 15 is 0 Å². The van der Waals surface area contributed by atoms with Crippen LogP contribution in [0.3, 0.4) is 0 Å². The molecule has 0 saturated carbocycles. The molecule has 6 heteroatoms. The highest BCUT2D eigenvalue weighted by atomic mass is 35.7. The van der Waals surface area contributed by atoms with Crippen molar-refractivity contribution < 1.29 is 12.6 Å². The molecule has 0 spiro atoms. The highest BCUT2D eigenvalue weighted by Crippen LogP contribution is 2.05. The first-order chi connectivity index (χ1) is 3.42. The van der Waals surface area contributed by atoms with Crippen molar-refractivity contribution >= 4 is 31.6 Å². The fourth-order valence-corrected chi connectivity index (χ4v) is 1.20. The van der Waals surface area contributed by atoms with Crippen molar-refractivity contribution in [1.82, 2.24) is 0 Å². The Balaban J connectivity index is 3.75. The van der Waals surface area contributed by atoms with Crippen molar-refractivity contribution in [3.63, 3.8) is 0 Å². The summed E-state index contributed by atoms with van der Waals surface area (Å²) in [5, 5.41) is 0. The SMILES string of the molecule is CC(Cl)OS(=O)(=O)Cl. The fourth-order valence-electron chi connectivity index (χ4n) is 0.158. The van der Waals surface area contributed by atoms with Crippen LogP contribution in [0.15, 0.2) is 0 Å². The molecule has 0 saturated heterocycles. The van der Waals surface area contributed by atoms with Crippen molar-refractivity contribution in [3.8, 4) is 0 Å². The number of rotatable bonds is 2. The van der Waals surface area contributed by atoms with Gasteiger partial charge in [0.05, 0.1) is 0 Å². The molecule has 0 rings (SSSR count). The molecule has 0 heterocycles. The van der Waals surface area contributed by atoms with Crippen molar-refractivity contribution in [2.24, 2.45) is 0 Å². The maximum atomic E-state index is 9.90. The molecule has 0 N–H and O–H groups in total. The summed E-state index contributed by atoms with van der Waals surface area (Å²) in [7, 11) is 0.711. The van der Waals surface area contributed by atoms with Crippen LogP contribution < -0.4 is 0 Å². The van der Waals surface area contributed by atoms with Crippen molar-refractivity contribution in [1.29, 1.82) is 0 Å². The molecule has 0 aliphatic heterocycles. The van der Waals surface area contributed by atoms with Crippen LogP contribution in [-0.4, -0.2) is 14.0 Å². The van der Waals surface area contributed by atoms with Crippen molar-refractivity contribution in [2.75, 3.05) is 0 Å². The standard InChI is InChI=1S/C2H4Cl2O3S/c1-2(3)7-8(4,5)6/h2H,1H3. The molecule has 1 unspecified atom stereocenters. The van der Waals surface area contributed by atoms with E-state index in [0.717, 1.165) is 0 Å². The van der Waals surface area contributed by atoms with Crippen LogP contribution in [0.5, 0.6) is 0 Å². The van der Waals surface area contributed by atoms with E-state index in [9.17, 15) is 8.42 Å². The van der Waals surface area contributed by atoms with E-state index in [4.69, 9.17) is 11.6 Å². The largest absolute Gasteiger partial charge is 0.357 e. The minimum Gasteiger partial charge on any atom is -0.239 e. The maximum Gasteiger partial charge on any atom is 0.357 e. The van der Waals surface area contributed by atoms with Gasteiger partial charge in [-0.2, -0.15) is 8.42 Å². The second-order valence-electron chi connectivity index (χ2n) is 1.03. The molecule has 0 aromatic rings. The Morgan fingerprint density at radius 3 is 2.00 bits per heavy atom. The number of alkyl halides is 1. The molecule has 3 nitrogen and oxygen atoms in total. The lowest BCUT2D eigenvalue weighted by atomic mass is 10.9. The Kier molecular flexibility index (Phi) is 3.04. The van der Waals surface area contributed by atoms with Gasteiger partial charge < -0.3 is 0 Å². The lowest BCUT2D eigenvalue weighted by Gasteiger charge is -1.96. The third-order valence-corrected chi connectivity index (χ3v) is 1.18. The van der Waals surface area contributed by atoms with Gasteiger partial charge in [0.2, 0.25) is 0 Å². The normalized spacial score (nSPS) is 15.9.